The fourth-order valence-electron chi connectivity index (χ4n) is 4.00. The van der Waals surface area contributed by atoms with Crippen LogP contribution < -0.4 is 15.4 Å². The van der Waals surface area contributed by atoms with Gasteiger partial charge in [-0.25, -0.2) is 14.4 Å². The van der Waals surface area contributed by atoms with Crippen molar-refractivity contribution in [1.29, 1.82) is 5.41 Å². The maximum absolute atomic E-state index is 14.3. The van der Waals surface area contributed by atoms with Crippen LogP contribution in [0.15, 0.2) is 24.5 Å². The molecule has 0 radical (unpaired) electrons. The zero-order chi connectivity index (χ0) is 20.2. The summed E-state index contributed by atoms with van der Waals surface area (Å²) in [5, 5.41) is 8.64. The van der Waals surface area contributed by atoms with Crippen LogP contribution in [0.3, 0.4) is 0 Å². The van der Waals surface area contributed by atoms with Gasteiger partial charge in [0.1, 0.15) is 17.7 Å². The van der Waals surface area contributed by atoms with Crippen molar-refractivity contribution >= 4 is 17.2 Å². The lowest BCUT2D eigenvalue weighted by atomic mass is 10.0. The summed E-state index contributed by atoms with van der Waals surface area (Å²) in [6.45, 7) is 3.52. The zero-order valence-electron chi connectivity index (χ0n) is 16.3. The van der Waals surface area contributed by atoms with Gasteiger partial charge in [-0.1, -0.05) is 0 Å². The SMILES string of the molecule is CC1(Oc2cc(C(=N)c3cc(N4CC5CCC(C4)O5)ncn3)c(N)cc2F)CC1. The zero-order valence-corrected chi connectivity index (χ0v) is 16.3. The van der Waals surface area contributed by atoms with Crippen molar-refractivity contribution in [2.75, 3.05) is 23.7 Å². The summed E-state index contributed by atoms with van der Waals surface area (Å²) in [7, 11) is 0. The molecular formula is C21H24FN5O2. The number of ether oxygens (including phenoxy) is 2. The molecule has 2 aliphatic heterocycles. The van der Waals surface area contributed by atoms with Crippen molar-refractivity contribution in [1.82, 2.24) is 9.97 Å². The first-order valence-electron chi connectivity index (χ1n) is 10.00. The number of nitrogen functional groups attached to an aromatic ring is 1. The van der Waals surface area contributed by atoms with Crippen LogP contribution in [0.5, 0.6) is 5.75 Å². The van der Waals surface area contributed by atoms with Gasteiger partial charge in [-0.15, -0.1) is 0 Å². The number of halogens is 1. The predicted octanol–water partition coefficient (Wildman–Crippen LogP) is 2.91. The molecule has 3 fully saturated rings. The molecule has 0 amide bonds. The second-order valence-corrected chi connectivity index (χ2v) is 8.42. The Balaban J connectivity index is 1.42. The van der Waals surface area contributed by atoms with Gasteiger partial charge in [0.2, 0.25) is 0 Å². The molecule has 29 heavy (non-hydrogen) atoms. The molecule has 2 atom stereocenters. The molecule has 3 heterocycles. The van der Waals surface area contributed by atoms with E-state index in [9.17, 15) is 4.39 Å². The van der Waals surface area contributed by atoms with Gasteiger partial charge in [-0.2, -0.15) is 0 Å². The van der Waals surface area contributed by atoms with Gasteiger partial charge >= 0.3 is 0 Å². The first-order chi connectivity index (χ1) is 13.9. The minimum Gasteiger partial charge on any atom is -0.484 e. The van der Waals surface area contributed by atoms with E-state index in [4.69, 9.17) is 20.6 Å². The van der Waals surface area contributed by atoms with E-state index < -0.39 is 5.82 Å². The number of benzene rings is 1. The van der Waals surface area contributed by atoms with Gasteiger partial charge in [-0.3, -0.25) is 5.41 Å². The molecular weight excluding hydrogens is 373 g/mol. The van der Waals surface area contributed by atoms with Crippen LogP contribution in [0.4, 0.5) is 15.9 Å². The Bertz CT molecular complexity index is 966. The minimum atomic E-state index is -0.514. The quantitative estimate of drug-likeness (QED) is 0.595. The summed E-state index contributed by atoms with van der Waals surface area (Å²) in [6.07, 6.45) is 5.86. The van der Waals surface area contributed by atoms with Gasteiger partial charge in [0.05, 0.1) is 23.6 Å². The Morgan fingerprint density at radius 3 is 2.66 bits per heavy atom. The number of hydrogen-bond donors (Lipinski definition) is 2. The molecule has 2 aromatic rings. The minimum absolute atomic E-state index is 0.119. The molecule has 7 nitrogen and oxygen atoms in total. The lowest BCUT2D eigenvalue weighted by Crippen LogP contribution is -2.43. The Labute approximate surface area is 168 Å². The van der Waals surface area contributed by atoms with E-state index in [0.29, 0.717) is 11.3 Å². The van der Waals surface area contributed by atoms with Crippen LogP contribution in [0, 0.1) is 11.2 Å². The topological polar surface area (TPSA) is 97.3 Å². The van der Waals surface area contributed by atoms with E-state index in [2.05, 4.69) is 14.9 Å². The van der Waals surface area contributed by atoms with Crippen LogP contribution >= 0.6 is 0 Å². The second-order valence-electron chi connectivity index (χ2n) is 8.42. The predicted molar refractivity (Wildman–Crippen MR) is 107 cm³/mol. The van der Waals surface area contributed by atoms with Crippen LogP contribution in [-0.2, 0) is 4.74 Å². The van der Waals surface area contributed by atoms with E-state index in [0.717, 1.165) is 44.6 Å². The number of rotatable bonds is 5. The molecule has 8 heteroatoms. The highest BCUT2D eigenvalue weighted by molar-refractivity contribution is 6.13. The number of nitrogens with one attached hydrogen (secondary N) is 1. The number of aromatic nitrogens is 2. The average molecular weight is 397 g/mol. The first kappa shape index (κ1) is 18.3. The summed E-state index contributed by atoms with van der Waals surface area (Å²) in [5.74, 6) is 0.375. The summed E-state index contributed by atoms with van der Waals surface area (Å²) < 4.78 is 26.0. The summed E-state index contributed by atoms with van der Waals surface area (Å²) in [5.41, 5.74) is 6.85. The molecule has 3 aliphatic rings. The molecule has 2 unspecified atom stereocenters. The number of fused-ring (bicyclic) bond motifs is 2. The third kappa shape index (κ3) is 3.53. The Morgan fingerprint density at radius 1 is 1.24 bits per heavy atom. The largest absolute Gasteiger partial charge is 0.484 e. The van der Waals surface area contributed by atoms with Crippen LogP contribution in [0.1, 0.15) is 43.9 Å². The number of hydrogen-bond acceptors (Lipinski definition) is 7. The highest BCUT2D eigenvalue weighted by Gasteiger charge is 2.41. The molecule has 2 bridgehead atoms. The molecule has 3 N–H and O–H groups in total. The van der Waals surface area contributed by atoms with Gasteiger partial charge in [0.15, 0.2) is 11.6 Å². The molecule has 0 spiro atoms. The van der Waals surface area contributed by atoms with Crippen molar-refractivity contribution in [3.8, 4) is 5.75 Å². The van der Waals surface area contributed by atoms with Gasteiger partial charge in [0, 0.05) is 36.5 Å². The van der Waals surface area contributed by atoms with Crippen molar-refractivity contribution < 1.29 is 13.9 Å². The van der Waals surface area contributed by atoms with Gasteiger partial charge in [0.25, 0.3) is 0 Å². The molecule has 1 aromatic heterocycles. The van der Waals surface area contributed by atoms with E-state index >= 15 is 0 Å². The number of nitrogens with two attached hydrogens (primary N) is 1. The monoisotopic (exact) mass is 397 g/mol. The first-order valence-corrected chi connectivity index (χ1v) is 10.00. The molecule has 1 saturated carbocycles. The van der Waals surface area contributed by atoms with Gasteiger partial charge < -0.3 is 20.1 Å². The Hall–Kier alpha value is -2.74. The maximum atomic E-state index is 14.3. The average Bonchev–Trinajstić information content (AvgIpc) is 3.35. The van der Waals surface area contributed by atoms with E-state index in [-0.39, 0.29) is 35.0 Å². The maximum Gasteiger partial charge on any atom is 0.167 e. The normalized spacial score (nSPS) is 24.4. The Morgan fingerprint density at radius 2 is 1.97 bits per heavy atom. The molecule has 5 rings (SSSR count). The van der Waals surface area contributed by atoms with Crippen LogP contribution in [0.25, 0.3) is 0 Å². The summed E-state index contributed by atoms with van der Waals surface area (Å²) in [6, 6.07) is 4.51. The smallest absolute Gasteiger partial charge is 0.167 e. The lowest BCUT2D eigenvalue weighted by molar-refractivity contribution is 0.0302. The Kier molecular flexibility index (Phi) is 4.20. The molecule has 152 valence electrons. The van der Waals surface area contributed by atoms with E-state index in [1.807, 2.05) is 6.92 Å². The number of anilines is 2. The highest BCUT2D eigenvalue weighted by atomic mass is 19.1. The second kappa shape index (κ2) is 6.66. The molecule has 2 saturated heterocycles. The van der Waals surface area contributed by atoms with E-state index in [1.165, 1.54) is 18.5 Å². The third-order valence-corrected chi connectivity index (χ3v) is 5.96. The summed E-state index contributed by atoms with van der Waals surface area (Å²) in [4.78, 5) is 10.8. The molecule has 1 aromatic carbocycles. The standard InChI is InChI=1S/C21H24FN5O2/c1-21(4-5-21)29-18-6-14(16(23)7-15(18)22)20(24)17-8-19(26-11-25-17)27-9-12-2-3-13(10-27)28-12/h6-8,11-13,24H,2-5,9-10,23H2,1H3. The van der Waals surface area contributed by atoms with E-state index in [1.54, 1.807) is 6.07 Å². The number of morpholine rings is 1. The molecule has 1 aliphatic carbocycles. The number of nitrogens with zero attached hydrogens (tertiary/aromatic N) is 3. The highest BCUT2D eigenvalue weighted by Crippen LogP contribution is 2.41. The summed E-state index contributed by atoms with van der Waals surface area (Å²) >= 11 is 0. The van der Waals surface area contributed by atoms with Crippen LogP contribution in [-0.4, -0.2) is 46.6 Å². The van der Waals surface area contributed by atoms with Crippen molar-refractivity contribution in [3.05, 3.63) is 41.6 Å². The third-order valence-electron chi connectivity index (χ3n) is 5.96. The van der Waals surface area contributed by atoms with Crippen molar-refractivity contribution in [2.45, 2.75) is 50.4 Å². The fraction of sp³-hybridized carbons (Fsp3) is 0.476. The fourth-order valence-corrected chi connectivity index (χ4v) is 4.00. The van der Waals surface area contributed by atoms with Crippen LogP contribution in [0.2, 0.25) is 0 Å². The van der Waals surface area contributed by atoms with Gasteiger partial charge in [-0.05, 0) is 38.7 Å². The van der Waals surface area contributed by atoms with Crippen molar-refractivity contribution in [2.24, 2.45) is 0 Å². The van der Waals surface area contributed by atoms with Crippen molar-refractivity contribution in [3.63, 3.8) is 0 Å². The lowest BCUT2D eigenvalue weighted by Gasteiger charge is -2.33.